The third kappa shape index (κ3) is 2.96. The van der Waals surface area contributed by atoms with Crippen molar-refractivity contribution < 1.29 is 13.3 Å². The highest BCUT2D eigenvalue weighted by atomic mass is 32.2. The third-order valence-corrected chi connectivity index (χ3v) is 5.50. The van der Waals surface area contributed by atoms with Gasteiger partial charge in [-0.25, -0.2) is 8.42 Å². The van der Waals surface area contributed by atoms with Gasteiger partial charge in [0.15, 0.2) is 9.84 Å². The zero-order valence-corrected chi connectivity index (χ0v) is 11.6. The van der Waals surface area contributed by atoms with E-state index in [9.17, 15) is 23.8 Å². The Morgan fingerprint density at radius 3 is 2.65 bits per heavy atom. The van der Waals surface area contributed by atoms with Crippen LogP contribution < -0.4 is 0 Å². The maximum Gasteiger partial charge on any atom is 0.272 e. The smallest absolute Gasteiger partial charge is 0.258 e. The molecule has 1 saturated heterocycles. The minimum Gasteiger partial charge on any atom is -0.258 e. The number of hydrogen-bond donors (Lipinski definition) is 0. The molecule has 0 N–H and O–H groups in total. The quantitative estimate of drug-likeness (QED) is 0.623. The number of aryl methyl sites for hydroxylation is 1. The summed E-state index contributed by atoms with van der Waals surface area (Å²) in [4.78, 5) is 10.5. The first-order chi connectivity index (χ1) is 9.37. The van der Waals surface area contributed by atoms with Crippen molar-refractivity contribution in [2.75, 3.05) is 11.5 Å². The fraction of sp³-hybridized carbons (Fsp3) is 0.462. The van der Waals surface area contributed by atoms with Gasteiger partial charge in [-0.2, -0.15) is 5.26 Å². The Bertz CT molecular complexity index is 678. The lowest BCUT2D eigenvalue weighted by Gasteiger charge is -2.18. The van der Waals surface area contributed by atoms with E-state index >= 15 is 0 Å². The lowest BCUT2D eigenvalue weighted by Crippen LogP contribution is -2.21. The second-order valence-electron chi connectivity index (χ2n) is 5.12. The SMILES string of the molecule is N#CC1(CCc2ccccc2[N+](=O)[O-])CCS(=O)(=O)C1. The standard InChI is InChI=1S/C13H14N2O4S/c14-9-13(7-8-20(18,19)10-13)6-5-11-3-1-2-4-12(11)15(16)17/h1-4H,5-8,10H2. The van der Waals surface area contributed by atoms with Gasteiger partial charge in [-0.15, -0.1) is 0 Å². The lowest BCUT2D eigenvalue weighted by atomic mass is 9.83. The fourth-order valence-electron chi connectivity index (χ4n) is 2.53. The van der Waals surface area contributed by atoms with Gasteiger partial charge in [0.05, 0.1) is 27.9 Å². The first kappa shape index (κ1) is 14.5. The van der Waals surface area contributed by atoms with Crippen LogP contribution in [0.25, 0.3) is 0 Å². The Labute approximate surface area is 117 Å². The molecule has 0 aliphatic carbocycles. The topological polar surface area (TPSA) is 101 Å². The van der Waals surface area contributed by atoms with Gasteiger partial charge in [-0.3, -0.25) is 10.1 Å². The van der Waals surface area contributed by atoms with E-state index in [1.54, 1.807) is 18.2 Å². The number of nitrogens with zero attached hydrogens (tertiary/aromatic N) is 2. The van der Waals surface area contributed by atoms with Crippen molar-refractivity contribution in [2.24, 2.45) is 5.41 Å². The molecular weight excluding hydrogens is 280 g/mol. The Hall–Kier alpha value is -1.94. The molecule has 0 radical (unpaired) electrons. The van der Waals surface area contributed by atoms with Crippen LogP contribution in [0.2, 0.25) is 0 Å². The van der Waals surface area contributed by atoms with Crippen molar-refractivity contribution in [3.63, 3.8) is 0 Å². The predicted octanol–water partition coefficient (Wildman–Crippen LogP) is 1.86. The molecule has 1 aliphatic heterocycles. The summed E-state index contributed by atoms with van der Waals surface area (Å²) in [6.45, 7) is 0. The van der Waals surface area contributed by atoms with Gasteiger partial charge in [-0.05, 0) is 19.3 Å². The van der Waals surface area contributed by atoms with Crippen LogP contribution in [0.5, 0.6) is 0 Å². The molecule has 106 valence electrons. The second kappa shape index (κ2) is 5.21. The highest BCUT2D eigenvalue weighted by Gasteiger charge is 2.42. The second-order valence-corrected chi connectivity index (χ2v) is 7.30. The summed E-state index contributed by atoms with van der Waals surface area (Å²) in [6.07, 6.45) is 0.973. The molecule has 1 aromatic rings. The van der Waals surface area contributed by atoms with Crippen LogP contribution in [0.3, 0.4) is 0 Å². The molecule has 20 heavy (non-hydrogen) atoms. The molecule has 0 saturated carbocycles. The maximum atomic E-state index is 11.5. The summed E-state index contributed by atoms with van der Waals surface area (Å²) in [6, 6.07) is 8.45. The molecule has 0 aromatic heterocycles. The van der Waals surface area contributed by atoms with Gasteiger partial charge < -0.3 is 0 Å². The number of nitriles is 1. The van der Waals surface area contributed by atoms with E-state index in [1.807, 2.05) is 0 Å². The van der Waals surface area contributed by atoms with E-state index in [4.69, 9.17) is 0 Å². The number of sulfone groups is 1. The molecule has 0 amide bonds. The average Bonchev–Trinajstić information content (AvgIpc) is 2.73. The number of para-hydroxylation sites is 1. The number of hydrogen-bond acceptors (Lipinski definition) is 5. The van der Waals surface area contributed by atoms with Crippen LogP contribution >= 0.6 is 0 Å². The summed E-state index contributed by atoms with van der Waals surface area (Å²) in [5, 5.41) is 20.2. The van der Waals surface area contributed by atoms with Crippen molar-refractivity contribution in [1.29, 1.82) is 5.26 Å². The minimum atomic E-state index is -3.15. The average molecular weight is 294 g/mol. The van der Waals surface area contributed by atoms with Crippen LogP contribution in [0.1, 0.15) is 18.4 Å². The molecule has 1 atom stereocenters. The number of nitro groups is 1. The van der Waals surface area contributed by atoms with Crippen LogP contribution in [0.15, 0.2) is 24.3 Å². The van der Waals surface area contributed by atoms with Gasteiger partial charge in [0.25, 0.3) is 5.69 Å². The normalized spacial score (nSPS) is 24.1. The summed E-state index contributed by atoms with van der Waals surface area (Å²) < 4.78 is 23.1. The molecule has 6 nitrogen and oxygen atoms in total. The van der Waals surface area contributed by atoms with E-state index in [0.29, 0.717) is 24.8 Å². The fourth-order valence-corrected chi connectivity index (χ4v) is 4.57. The van der Waals surface area contributed by atoms with E-state index in [-0.39, 0.29) is 17.2 Å². The summed E-state index contributed by atoms with van der Waals surface area (Å²) in [5.41, 5.74) is -0.347. The molecule has 0 spiro atoms. The van der Waals surface area contributed by atoms with Crippen molar-refractivity contribution >= 4 is 15.5 Å². The summed E-state index contributed by atoms with van der Waals surface area (Å²) in [5.74, 6) is -0.116. The Morgan fingerprint density at radius 2 is 2.10 bits per heavy atom. The van der Waals surface area contributed by atoms with Crippen molar-refractivity contribution in [3.8, 4) is 6.07 Å². The van der Waals surface area contributed by atoms with Crippen molar-refractivity contribution in [2.45, 2.75) is 19.3 Å². The van der Waals surface area contributed by atoms with Gasteiger partial charge >= 0.3 is 0 Å². The van der Waals surface area contributed by atoms with Gasteiger partial charge in [0.2, 0.25) is 0 Å². The molecular formula is C13H14N2O4S. The predicted molar refractivity (Wildman–Crippen MR) is 72.7 cm³/mol. The molecule has 0 bridgehead atoms. The van der Waals surface area contributed by atoms with Crippen molar-refractivity contribution in [3.05, 3.63) is 39.9 Å². The lowest BCUT2D eigenvalue weighted by molar-refractivity contribution is -0.385. The number of nitro benzene ring substituents is 1. The van der Waals surface area contributed by atoms with Crippen molar-refractivity contribution in [1.82, 2.24) is 0 Å². The number of benzene rings is 1. The minimum absolute atomic E-state index is 0.0152. The molecule has 2 rings (SSSR count). The molecule has 1 aromatic carbocycles. The van der Waals surface area contributed by atoms with Crippen LogP contribution in [0, 0.1) is 26.9 Å². The highest BCUT2D eigenvalue weighted by Crippen LogP contribution is 2.36. The zero-order valence-electron chi connectivity index (χ0n) is 10.8. The molecule has 1 aliphatic rings. The first-order valence-corrected chi connectivity index (χ1v) is 8.04. The van der Waals surface area contributed by atoms with E-state index in [0.717, 1.165) is 0 Å². The Kier molecular flexibility index (Phi) is 3.77. The Balaban J connectivity index is 2.17. The first-order valence-electron chi connectivity index (χ1n) is 6.21. The highest BCUT2D eigenvalue weighted by molar-refractivity contribution is 7.91. The largest absolute Gasteiger partial charge is 0.272 e. The molecule has 1 fully saturated rings. The summed E-state index contributed by atoms with van der Waals surface area (Å²) in [7, 11) is -3.15. The van der Waals surface area contributed by atoms with E-state index in [1.165, 1.54) is 6.07 Å². The molecule has 1 unspecified atom stereocenters. The molecule has 7 heteroatoms. The summed E-state index contributed by atoms with van der Waals surface area (Å²) >= 11 is 0. The van der Waals surface area contributed by atoms with Crippen LogP contribution in [-0.4, -0.2) is 24.8 Å². The van der Waals surface area contributed by atoms with Gasteiger partial charge in [0.1, 0.15) is 0 Å². The Morgan fingerprint density at radius 1 is 1.40 bits per heavy atom. The number of rotatable bonds is 4. The van der Waals surface area contributed by atoms with Crippen LogP contribution in [0.4, 0.5) is 5.69 Å². The van der Waals surface area contributed by atoms with Gasteiger partial charge in [-0.1, -0.05) is 18.2 Å². The molecule has 1 heterocycles. The van der Waals surface area contributed by atoms with E-state index < -0.39 is 20.2 Å². The zero-order chi connectivity index (χ0) is 14.8. The monoisotopic (exact) mass is 294 g/mol. The van der Waals surface area contributed by atoms with Crippen LogP contribution in [-0.2, 0) is 16.3 Å². The van der Waals surface area contributed by atoms with Gasteiger partial charge in [0, 0.05) is 11.6 Å². The van der Waals surface area contributed by atoms with E-state index in [2.05, 4.69) is 6.07 Å². The third-order valence-electron chi connectivity index (χ3n) is 3.69. The maximum absolute atomic E-state index is 11.5.